The van der Waals surface area contributed by atoms with Crippen LogP contribution in [0.1, 0.15) is 26.2 Å². The van der Waals surface area contributed by atoms with Crippen molar-refractivity contribution < 1.29 is 9.90 Å². The minimum absolute atomic E-state index is 0.136. The monoisotopic (exact) mass is 261 g/mol. The lowest BCUT2D eigenvalue weighted by atomic mass is 10.0. The molecule has 1 heterocycles. The molecule has 1 saturated heterocycles. The molecule has 1 fully saturated rings. The zero-order valence-electron chi connectivity index (χ0n) is 11.7. The Morgan fingerprint density at radius 3 is 2.68 bits per heavy atom. The van der Waals surface area contributed by atoms with Crippen molar-refractivity contribution in [2.75, 3.05) is 19.6 Å². The number of aliphatic carboxylic acids is 1. The van der Waals surface area contributed by atoms with Gasteiger partial charge < -0.3 is 5.11 Å². The number of rotatable bonds is 7. The highest BCUT2D eigenvalue weighted by Crippen LogP contribution is 2.16. The maximum Gasteiger partial charge on any atom is 0.335 e. The first-order valence-corrected chi connectivity index (χ1v) is 6.58. The van der Waals surface area contributed by atoms with Gasteiger partial charge in [-0.2, -0.15) is 0 Å². The first-order chi connectivity index (χ1) is 8.90. The quantitative estimate of drug-likeness (QED) is 0.435. The summed E-state index contributed by atoms with van der Waals surface area (Å²) in [6, 6.07) is 0. The van der Waals surface area contributed by atoms with Crippen molar-refractivity contribution in [2.45, 2.75) is 26.2 Å². The molecule has 3 heteroatoms. The van der Waals surface area contributed by atoms with Crippen LogP contribution >= 0.6 is 0 Å². The highest BCUT2D eigenvalue weighted by Gasteiger charge is 2.13. The zero-order chi connectivity index (χ0) is 14.4. The van der Waals surface area contributed by atoms with Crippen LogP contribution in [-0.2, 0) is 4.79 Å². The molecule has 1 N–H and O–H groups in total. The summed E-state index contributed by atoms with van der Waals surface area (Å²) in [4.78, 5) is 13.1. The Kier molecular flexibility index (Phi) is 5.77. The lowest BCUT2D eigenvalue weighted by Crippen LogP contribution is -2.20. The Morgan fingerprint density at radius 1 is 1.47 bits per heavy atom. The molecular formula is C16H23NO2. The lowest BCUT2D eigenvalue weighted by molar-refractivity contribution is -0.132. The van der Waals surface area contributed by atoms with Crippen LogP contribution in [0.15, 0.2) is 48.1 Å². The van der Waals surface area contributed by atoms with Gasteiger partial charge in [0.15, 0.2) is 0 Å². The van der Waals surface area contributed by atoms with E-state index in [1.54, 1.807) is 6.92 Å². The maximum absolute atomic E-state index is 10.8. The number of hydrogen-bond acceptors (Lipinski definition) is 2. The number of carboxylic acids is 1. The van der Waals surface area contributed by atoms with E-state index in [-0.39, 0.29) is 5.57 Å². The molecule has 19 heavy (non-hydrogen) atoms. The second-order valence-electron chi connectivity index (χ2n) is 5.15. The Morgan fingerprint density at radius 2 is 2.16 bits per heavy atom. The first kappa shape index (κ1) is 15.4. The van der Waals surface area contributed by atoms with Crippen LogP contribution < -0.4 is 0 Å². The topological polar surface area (TPSA) is 40.5 Å². The Hall–Kier alpha value is -1.61. The molecule has 0 spiro atoms. The summed E-state index contributed by atoms with van der Waals surface area (Å²) in [5.74, 6) is -0.975. The Bertz CT molecular complexity index is 432. The van der Waals surface area contributed by atoms with E-state index in [1.165, 1.54) is 5.57 Å². The molecule has 0 aliphatic carbocycles. The average molecular weight is 261 g/mol. The molecule has 1 rings (SSSR count). The van der Waals surface area contributed by atoms with Crippen molar-refractivity contribution in [1.82, 2.24) is 4.90 Å². The number of likely N-dealkylation sites (tertiary alicyclic amines) is 1. The molecule has 0 saturated carbocycles. The predicted molar refractivity (Wildman–Crippen MR) is 79.1 cm³/mol. The third-order valence-electron chi connectivity index (χ3n) is 3.36. The normalized spacial score (nSPS) is 16.7. The van der Waals surface area contributed by atoms with Gasteiger partial charge in [0, 0.05) is 13.1 Å². The van der Waals surface area contributed by atoms with Gasteiger partial charge in [0.1, 0.15) is 0 Å². The van der Waals surface area contributed by atoms with Crippen LogP contribution in [0, 0.1) is 0 Å². The van der Waals surface area contributed by atoms with Gasteiger partial charge in [0.25, 0.3) is 0 Å². The van der Waals surface area contributed by atoms with Gasteiger partial charge >= 0.3 is 5.97 Å². The molecule has 3 nitrogen and oxygen atoms in total. The van der Waals surface area contributed by atoms with Crippen LogP contribution in [-0.4, -0.2) is 35.6 Å². The molecule has 104 valence electrons. The van der Waals surface area contributed by atoms with Gasteiger partial charge in [-0.3, -0.25) is 4.90 Å². The van der Waals surface area contributed by atoms with E-state index in [9.17, 15) is 4.79 Å². The first-order valence-electron chi connectivity index (χ1n) is 6.58. The fraction of sp³-hybridized carbons (Fsp3) is 0.438. The SMILES string of the molecule is C=C(/C=C(\C)C(=C)C(=O)O)CCCN1CCC(=C)C1. The van der Waals surface area contributed by atoms with Crippen molar-refractivity contribution in [3.63, 3.8) is 0 Å². The van der Waals surface area contributed by atoms with Crippen LogP contribution in [0.2, 0.25) is 0 Å². The third kappa shape index (κ3) is 5.26. The van der Waals surface area contributed by atoms with E-state index in [4.69, 9.17) is 5.11 Å². The number of allylic oxidation sites excluding steroid dienone is 2. The summed E-state index contributed by atoms with van der Waals surface area (Å²) in [5.41, 5.74) is 3.08. The minimum Gasteiger partial charge on any atom is -0.478 e. The number of carbonyl (C=O) groups is 1. The largest absolute Gasteiger partial charge is 0.478 e. The molecule has 0 unspecified atom stereocenters. The summed E-state index contributed by atoms with van der Waals surface area (Å²) in [6.45, 7) is 16.4. The van der Waals surface area contributed by atoms with Gasteiger partial charge in [-0.05, 0) is 38.3 Å². The van der Waals surface area contributed by atoms with Crippen molar-refractivity contribution in [3.8, 4) is 0 Å². The average Bonchev–Trinajstić information content (AvgIpc) is 2.73. The number of hydrogen-bond donors (Lipinski definition) is 1. The van der Waals surface area contributed by atoms with Crippen LogP contribution in [0.5, 0.6) is 0 Å². The van der Waals surface area contributed by atoms with Gasteiger partial charge in [-0.15, -0.1) is 0 Å². The second kappa shape index (κ2) is 7.10. The highest BCUT2D eigenvalue weighted by molar-refractivity contribution is 5.90. The fourth-order valence-electron chi connectivity index (χ4n) is 2.15. The van der Waals surface area contributed by atoms with E-state index in [1.807, 2.05) is 6.08 Å². The van der Waals surface area contributed by atoms with E-state index < -0.39 is 5.97 Å². The molecule has 0 aromatic carbocycles. The van der Waals surface area contributed by atoms with Crippen LogP contribution in [0.25, 0.3) is 0 Å². The molecular weight excluding hydrogens is 238 g/mol. The molecule has 1 aliphatic rings. The number of carboxylic acid groups (broad SMARTS) is 1. The summed E-state index contributed by atoms with van der Waals surface area (Å²) >= 11 is 0. The second-order valence-corrected chi connectivity index (χ2v) is 5.15. The molecule has 0 aromatic heterocycles. The van der Waals surface area contributed by atoms with Crippen LogP contribution in [0.3, 0.4) is 0 Å². The van der Waals surface area contributed by atoms with Crippen LogP contribution in [0.4, 0.5) is 0 Å². The highest BCUT2D eigenvalue weighted by atomic mass is 16.4. The summed E-state index contributed by atoms with van der Waals surface area (Å²) in [6.07, 6.45) is 4.85. The molecule has 0 atom stereocenters. The van der Waals surface area contributed by atoms with Crippen molar-refractivity contribution >= 4 is 5.97 Å². The fourth-order valence-corrected chi connectivity index (χ4v) is 2.15. The van der Waals surface area contributed by atoms with Crippen molar-refractivity contribution in [3.05, 3.63) is 48.1 Å². The predicted octanol–water partition coefficient (Wildman–Crippen LogP) is 3.17. The smallest absolute Gasteiger partial charge is 0.335 e. The molecule has 0 radical (unpaired) electrons. The third-order valence-corrected chi connectivity index (χ3v) is 3.36. The van der Waals surface area contributed by atoms with Crippen molar-refractivity contribution in [1.29, 1.82) is 0 Å². The molecule has 0 bridgehead atoms. The molecule has 1 aliphatic heterocycles. The van der Waals surface area contributed by atoms with Gasteiger partial charge in [-0.25, -0.2) is 4.79 Å². The molecule has 0 amide bonds. The lowest BCUT2D eigenvalue weighted by Gasteiger charge is -2.14. The van der Waals surface area contributed by atoms with Gasteiger partial charge in [-0.1, -0.05) is 37.0 Å². The van der Waals surface area contributed by atoms with Gasteiger partial charge in [0.05, 0.1) is 5.57 Å². The standard InChI is InChI=1S/C16H23NO2/c1-12(10-14(3)15(4)16(18)19)6-5-8-17-9-7-13(2)11-17/h10H,1-2,4-9,11H2,3H3,(H,18,19)/b14-10+. The summed E-state index contributed by atoms with van der Waals surface area (Å²) < 4.78 is 0. The van der Waals surface area contributed by atoms with E-state index >= 15 is 0 Å². The Balaban J connectivity index is 2.31. The van der Waals surface area contributed by atoms with E-state index in [2.05, 4.69) is 24.6 Å². The minimum atomic E-state index is -0.975. The summed E-state index contributed by atoms with van der Waals surface area (Å²) in [5, 5.41) is 8.82. The maximum atomic E-state index is 10.8. The summed E-state index contributed by atoms with van der Waals surface area (Å²) in [7, 11) is 0. The van der Waals surface area contributed by atoms with E-state index in [0.717, 1.165) is 44.5 Å². The van der Waals surface area contributed by atoms with E-state index in [0.29, 0.717) is 5.57 Å². The van der Waals surface area contributed by atoms with Crippen molar-refractivity contribution in [2.24, 2.45) is 0 Å². The van der Waals surface area contributed by atoms with Gasteiger partial charge in [0.2, 0.25) is 0 Å². The number of nitrogens with zero attached hydrogens (tertiary/aromatic N) is 1. The molecule has 0 aromatic rings. The Labute approximate surface area is 115 Å². The zero-order valence-corrected chi connectivity index (χ0v) is 11.7.